The Labute approximate surface area is 176 Å². The van der Waals surface area contributed by atoms with E-state index in [4.69, 9.17) is 0 Å². The third-order valence-corrected chi connectivity index (χ3v) is 5.83. The smallest absolute Gasteiger partial charge is 0.348 e. The molecule has 3 rings (SSSR count). The second-order valence-corrected chi connectivity index (χ2v) is 8.54. The van der Waals surface area contributed by atoms with Crippen LogP contribution < -0.4 is 10.0 Å². The van der Waals surface area contributed by atoms with Gasteiger partial charge in [-0.2, -0.15) is 18.3 Å². The number of hydrogen-bond acceptors (Lipinski definition) is 4. The zero-order valence-electron chi connectivity index (χ0n) is 16.6. The van der Waals surface area contributed by atoms with Gasteiger partial charge in [-0.15, -0.1) is 0 Å². The number of amides is 1. The van der Waals surface area contributed by atoms with Gasteiger partial charge in [-0.25, -0.2) is 8.42 Å². The van der Waals surface area contributed by atoms with E-state index < -0.39 is 27.7 Å². The summed E-state index contributed by atoms with van der Waals surface area (Å²) in [5, 5.41) is 6.72. The molecule has 0 aliphatic rings. The summed E-state index contributed by atoms with van der Waals surface area (Å²) in [5.41, 5.74) is 0.758. The van der Waals surface area contributed by atoms with Crippen molar-refractivity contribution in [3.63, 3.8) is 0 Å². The van der Waals surface area contributed by atoms with Crippen LogP contribution in [0.3, 0.4) is 0 Å². The van der Waals surface area contributed by atoms with Gasteiger partial charge >= 0.3 is 6.18 Å². The number of hydrogen-bond donors (Lipinski definition) is 2. The second kappa shape index (κ2) is 8.42. The Morgan fingerprint density at radius 3 is 2.39 bits per heavy atom. The first-order valence-corrected chi connectivity index (χ1v) is 10.5. The van der Waals surface area contributed by atoms with E-state index in [0.29, 0.717) is 17.7 Å². The molecular formula is C20H19F3N4O3S. The zero-order valence-corrected chi connectivity index (χ0v) is 17.4. The normalized spacial score (nSPS) is 11.9. The number of halogens is 3. The minimum Gasteiger partial charge on any atom is -0.348 e. The van der Waals surface area contributed by atoms with Crippen LogP contribution in [0.4, 0.5) is 18.9 Å². The molecule has 0 saturated heterocycles. The molecule has 0 radical (unpaired) electrons. The van der Waals surface area contributed by atoms with Crippen molar-refractivity contribution in [3.8, 4) is 0 Å². The van der Waals surface area contributed by atoms with Gasteiger partial charge in [0.1, 0.15) is 0 Å². The standard InChI is InChI=1S/C20H19F3N4O3S/c1-13-3-4-15(19(28)24-10-14-11-25-27(2)12-14)9-18(13)26-31(29,30)17-7-5-16(6-8-17)20(21,22)23/h3-9,11-12,26H,10H2,1-2H3,(H,24,28). The average molecular weight is 452 g/mol. The van der Waals surface area contributed by atoms with Gasteiger partial charge in [0.2, 0.25) is 0 Å². The van der Waals surface area contributed by atoms with Crippen LogP contribution in [0.1, 0.15) is 27.0 Å². The van der Waals surface area contributed by atoms with Crippen LogP contribution in [0, 0.1) is 6.92 Å². The third kappa shape index (κ3) is 5.43. The number of nitrogens with zero attached hydrogens (tertiary/aromatic N) is 2. The number of nitrogens with one attached hydrogen (secondary N) is 2. The summed E-state index contributed by atoms with van der Waals surface area (Å²) < 4.78 is 67.2. The molecule has 1 aromatic heterocycles. The van der Waals surface area contributed by atoms with Crippen LogP contribution in [0.25, 0.3) is 0 Å². The van der Waals surface area contributed by atoms with Crippen molar-refractivity contribution in [2.75, 3.05) is 4.72 Å². The first-order valence-electron chi connectivity index (χ1n) is 9.02. The molecule has 7 nitrogen and oxygen atoms in total. The number of sulfonamides is 1. The Bertz CT molecular complexity index is 1200. The predicted molar refractivity (Wildman–Crippen MR) is 108 cm³/mol. The molecule has 0 fully saturated rings. The molecule has 0 aliphatic carbocycles. The van der Waals surface area contributed by atoms with E-state index in [-0.39, 0.29) is 22.7 Å². The van der Waals surface area contributed by atoms with Crippen LogP contribution in [0.15, 0.2) is 59.8 Å². The third-order valence-electron chi connectivity index (χ3n) is 4.45. The van der Waals surface area contributed by atoms with Crippen molar-refractivity contribution in [3.05, 3.63) is 77.1 Å². The van der Waals surface area contributed by atoms with E-state index in [0.717, 1.165) is 17.7 Å². The molecule has 1 amide bonds. The molecule has 0 bridgehead atoms. The highest BCUT2D eigenvalue weighted by Gasteiger charge is 2.30. The average Bonchev–Trinajstić information content (AvgIpc) is 3.12. The highest BCUT2D eigenvalue weighted by molar-refractivity contribution is 7.92. The summed E-state index contributed by atoms with van der Waals surface area (Å²) >= 11 is 0. The fraction of sp³-hybridized carbons (Fsp3) is 0.200. The van der Waals surface area contributed by atoms with Crippen LogP contribution in [-0.2, 0) is 29.8 Å². The quantitative estimate of drug-likeness (QED) is 0.599. The van der Waals surface area contributed by atoms with Gasteiger partial charge in [0.05, 0.1) is 22.3 Å². The maximum absolute atomic E-state index is 12.7. The molecule has 1 heterocycles. The Morgan fingerprint density at radius 2 is 1.81 bits per heavy atom. The maximum atomic E-state index is 12.7. The van der Waals surface area contributed by atoms with Gasteiger partial charge in [-0.3, -0.25) is 14.2 Å². The topological polar surface area (TPSA) is 93.1 Å². The van der Waals surface area contributed by atoms with Crippen molar-refractivity contribution >= 4 is 21.6 Å². The second-order valence-electron chi connectivity index (χ2n) is 6.86. The number of aryl methyl sites for hydroxylation is 2. The molecule has 0 unspecified atom stereocenters. The predicted octanol–water partition coefficient (Wildman–Crippen LogP) is 3.48. The Balaban J connectivity index is 1.77. The molecule has 0 spiro atoms. The molecule has 3 aromatic rings. The molecule has 164 valence electrons. The SMILES string of the molecule is Cc1ccc(C(=O)NCc2cnn(C)c2)cc1NS(=O)(=O)c1ccc(C(F)(F)F)cc1. The number of carbonyl (C=O) groups is 1. The van der Waals surface area contributed by atoms with Gasteiger partial charge < -0.3 is 5.32 Å². The molecule has 2 aromatic carbocycles. The monoisotopic (exact) mass is 452 g/mol. The fourth-order valence-electron chi connectivity index (χ4n) is 2.75. The summed E-state index contributed by atoms with van der Waals surface area (Å²) in [6.07, 6.45) is -1.21. The molecule has 11 heteroatoms. The van der Waals surface area contributed by atoms with Gasteiger partial charge in [0.15, 0.2) is 0 Å². The fourth-order valence-corrected chi connectivity index (χ4v) is 3.87. The highest BCUT2D eigenvalue weighted by atomic mass is 32.2. The Morgan fingerprint density at radius 1 is 1.13 bits per heavy atom. The van der Waals surface area contributed by atoms with Crippen LogP contribution in [-0.4, -0.2) is 24.1 Å². The molecule has 31 heavy (non-hydrogen) atoms. The minimum absolute atomic E-state index is 0.147. The van der Waals surface area contributed by atoms with E-state index in [1.807, 2.05) is 0 Å². The van der Waals surface area contributed by atoms with Crippen LogP contribution in [0.5, 0.6) is 0 Å². The summed E-state index contributed by atoms with van der Waals surface area (Å²) in [7, 11) is -2.40. The van der Waals surface area contributed by atoms with Crippen molar-refractivity contribution in [1.82, 2.24) is 15.1 Å². The number of carbonyl (C=O) groups excluding carboxylic acids is 1. The number of alkyl halides is 3. The largest absolute Gasteiger partial charge is 0.416 e. The lowest BCUT2D eigenvalue weighted by molar-refractivity contribution is -0.137. The van der Waals surface area contributed by atoms with Gasteiger partial charge in [0, 0.05) is 30.9 Å². The molecular weight excluding hydrogens is 433 g/mol. The lowest BCUT2D eigenvalue weighted by atomic mass is 10.1. The molecule has 0 atom stereocenters. The minimum atomic E-state index is -4.57. The molecule has 0 saturated carbocycles. The van der Waals surface area contributed by atoms with E-state index in [1.54, 1.807) is 43.2 Å². The van der Waals surface area contributed by atoms with E-state index in [9.17, 15) is 26.4 Å². The van der Waals surface area contributed by atoms with Gasteiger partial charge in [0.25, 0.3) is 15.9 Å². The van der Waals surface area contributed by atoms with Crippen molar-refractivity contribution < 1.29 is 26.4 Å². The van der Waals surface area contributed by atoms with Gasteiger partial charge in [-0.1, -0.05) is 6.07 Å². The number of aromatic nitrogens is 2. The van der Waals surface area contributed by atoms with E-state index >= 15 is 0 Å². The highest BCUT2D eigenvalue weighted by Crippen LogP contribution is 2.30. The molecule has 0 aliphatic heterocycles. The molecule has 2 N–H and O–H groups in total. The van der Waals surface area contributed by atoms with E-state index in [2.05, 4.69) is 15.1 Å². The van der Waals surface area contributed by atoms with Gasteiger partial charge in [-0.05, 0) is 48.9 Å². The summed E-state index contributed by atoms with van der Waals surface area (Å²) in [6.45, 7) is 1.88. The summed E-state index contributed by atoms with van der Waals surface area (Å²) in [4.78, 5) is 12.1. The van der Waals surface area contributed by atoms with Crippen LogP contribution in [0.2, 0.25) is 0 Å². The van der Waals surface area contributed by atoms with Crippen molar-refractivity contribution in [1.29, 1.82) is 0 Å². The van der Waals surface area contributed by atoms with Crippen molar-refractivity contribution in [2.45, 2.75) is 24.5 Å². The van der Waals surface area contributed by atoms with E-state index in [1.165, 1.54) is 6.07 Å². The Hall–Kier alpha value is -3.34. The lowest BCUT2D eigenvalue weighted by Crippen LogP contribution is -2.23. The summed E-state index contributed by atoms with van der Waals surface area (Å²) in [6, 6.07) is 7.65. The number of benzene rings is 2. The Kier molecular flexibility index (Phi) is 6.07. The number of anilines is 1. The zero-order chi connectivity index (χ0) is 22.8. The maximum Gasteiger partial charge on any atom is 0.416 e. The summed E-state index contributed by atoms with van der Waals surface area (Å²) in [5.74, 6) is -0.418. The number of rotatable bonds is 6. The van der Waals surface area contributed by atoms with Crippen LogP contribution >= 0.6 is 0 Å². The first-order chi connectivity index (χ1) is 14.5. The first kappa shape index (κ1) is 22.3. The lowest BCUT2D eigenvalue weighted by Gasteiger charge is -2.13. The van der Waals surface area contributed by atoms with Crippen molar-refractivity contribution in [2.24, 2.45) is 7.05 Å².